The van der Waals surface area contributed by atoms with Crippen LogP contribution in [-0.2, 0) is 6.54 Å². The molecular formula is C10H10BrN3S. The van der Waals surface area contributed by atoms with Crippen LogP contribution in [0.5, 0.6) is 0 Å². The molecule has 0 radical (unpaired) electrons. The van der Waals surface area contributed by atoms with Gasteiger partial charge in [0.2, 0.25) is 0 Å². The maximum Gasteiger partial charge on any atom is 0.103 e. The molecule has 78 valence electrons. The van der Waals surface area contributed by atoms with Gasteiger partial charge < -0.3 is 5.32 Å². The minimum Gasteiger partial charge on any atom is -0.314 e. The molecule has 0 unspecified atom stereocenters. The monoisotopic (exact) mass is 283 g/mol. The molecule has 0 amide bonds. The quantitative estimate of drug-likeness (QED) is 0.941. The van der Waals surface area contributed by atoms with E-state index in [1.54, 1.807) is 11.3 Å². The Hall–Kier alpha value is -0.780. The Morgan fingerprint density at radius 1 is 1.40 bits per heavy atom. The molecule has 0 fully saturated rings. The summed E-state index contributed by atoms with van der Waals surface area (Å²) in [5.74, 6) is 0. The van der Waals surface area contributed by atoms with Crippen LogP contribution in [0.4, 0.5) is 0 Å². The predicted molar refractivity (Wildman–Crippen MR) is 65.8 cm³/mol. The van der Waals surface area contributed by atoms with Gasteiger partial charge in [0.1, 0.15) is 5.69 Å². The second kappa shape index (κ2) is 4.83. The Bertz CT molecular complexity index is 438. The van der Waals surface area contributed by atoms with Gasteiger partial charge >= 0.3 is 0 Å². The lowest BCUT2D eigenvalue weighted by Crippen LogP contribution is -2.07. The Morgan fingerprint density at radius 2 is 2.27 bits per heavy atom. The van der Waals surface area contributed by atoms with Gasteiger partial charge in [0, 0.05) is 16.4 Å². The first-order valence-electron chi connectivity index (χ1n) is 4.51. The van der Waals surface area contributed by atoms with E-state index in [1.807, 2.05) is 30.6 Å². The number of rotatable bonds is 3. The first-order chi connectivity index (χ1) is 7.29. The number of nitrogens with zero attached hydrogens (tertiary/aromatic N) is 2. The van der Waals surface area contributed by atoms with Crippen LogP contribution in [0.15, 0.2) is 28.1 Å². The van der Waals surface area contributed by atoms with Crippen LogP contribution < -0.4 is 5.32 Å². The lowest BCUT2D eigenvalue weighted by molar-refractivity contribution is 0.769. The molecule has 0 bridgehead atoms. The van der Waals surface area contributed by atoms with Gasteiger partial charge in [-0.3, -0.25) is 0 Å². The molecule has 0 aliphatic carbocycles. The van der Waals surface area contributed by atoms with Crippen LogP contribution in [0.25, 0.3) is 10.6 Å². The molecule has 0 aliphatic rings. The van der Waals surface area contributed by atoms with Crippen molar-refractivity contribution >= 4 is 27.3 Å². The molecule has 5 heteroatoms. The average molecular weight is 284 g/mol. The highest BCUT2D eigenvalue weighted by Crippen LogP contribution is 2.27. The molecule has 2 aromatic heterocycles. The van der Waals surface area contributed by atoms with Crippen molar-refractivity contribution in [2.75, 3.05) is 7.05 Å². The van der Waals surface area contributed by atoms with Crippen molar-refractivity contribution in [3.8, 4) is 10.6 Å². The number of nitrogens with one attached hydrogen (secondary N) is 1. The zero-order valence-electron chi connectivity index (χ0n) is 8.20. The first-order valence-corrected chi connectivity index (χ1v) is 6.18. The lowest BCUT2D eigenvalue weighted by atomic mass is 10.3. The molecule has 2 heterocycles. The van der Waals surface area contributed by atoms with E-state index in [-0.39, 0.29) is 0 Å². The summed E-state index contributed by atoms with van der Waals surface area (Å²) in [7, 11) is 1.89. The van der Waals surface area contributed by atoms with Gasteiger partial charge in [-0.2, -0.15) is 5.10 Å². The zero-order valence-corrected chi connectivity index (χ0v) is 10.6. The van der Waals surface area contributed by atoms with Crippen LogP contribution in [0.1, 0.15) is 5.69 Å². The van der Waals surface area contributed by atoms with Crippen LogP contribution in [-0.4, -0.2) is 17.2 Å². The van der Waals surface area contributed by atoms with E-state index in [1.165, 1.54) is 0 Å². The van der Waals surface area contributed by atoms with Crippen molar-refractivity contribution in [2.24, 2.45) is 0 Å². The summed E-state index contributed by atoms with van der Waals surface area (Å²) >= 11 is 5.08. The van der Waals surface area contributed by atoms with E-state index in [0.717, 1.165) is 27.3 Å². The average Bonchev–Trinajstić information content (AvgIpc) is 2.67. The van der Waals surface area contributed by atoms with Gasteiger partial charge in [-0.05, 0) is 41.2 Å². The molecular weight excluding hydrogens is 274 g/mol. The number of aromatic nitrogens is 2. The molecule has 3 nitrogen and oxygen atoms in total. The zero-order chi connectivity index (χ0) is 10.7. The largest absolute Gasteiger partial charge is 0.314 e. The van der Waals surface area contributed by atoms with E-state index in [0.29, 0.717) is 0 Å². The van der Waals surface area contributed by atoms with E-state index in [9.17, 15) is 0 Å². The molecule has 2 rings (SSSR count). The number of halogens is 1. The fourth-order valence-electron chi connectivity index (χ4n) is 1.21. The fourth-order valence-corrected chi connectivity index (χ4v) is 2.61. The predicted octanol–water partition coefficient (Wildman–Crippen LogP) is 2.69. The van der Waals surface area contributed by atoms with Gasteiger partial charge in [0.05, 0.1) is 10.6 Å². The van der Waals surface area contributed by atoms with Crippen LogP contribution >= 0.6 is 27.3 Å². The van der Waals surface area contributed by atoms with Gasteiger partial charge in [-0.1, -0.05) is 0 Å². The third-order valence-electron chi connectivity index (χ3n) is 1.90. The third kappa shape index (κ3) is 2.62. The van der Waals surface area contributed by atoms with E-state index in [4.69, 9.17) is 0 Å². The second-order valence-corrected chi connectivity index (χ2v) is 4.90. The Morgan fingerprint density at radius 3 is 2.80 bits per heavy atom. The van der Waals surface area contributed by atoms with Crippen LogP contribution in [0.3, 0.4) is 0 Å². The van der Waals surface area contributed by atoms with E-state index < -0.39 is 0 Å². The van der Waals surface area contributed by atoms with E-state index >= 15 is 0 Å². The van der Waals surface area contributed by atoms with E-state index in [2.05, 4.69) is 31.4 Å². The SMILES string of the molecule is CNCc1ccc(-c2cc(Br)cs2)nn1. The van der Waals surface area contributed by atoms with Gasteiger partial charge in [-0.25, -0.2) is 0 Å². The summed E-state index contributed by atoms with van der Waals surface area (Å²) in [5, 5.41) is 13.4. The molecule has 0 atom stereocenters. The molecule has 0 aliphatic heterocycles. The normalized spacial score (nSPS) is 10.5. The van der Waals surface area contributed by atoms with Crippen molar-refractivity contribution in [1.82, 2.24) is 15.5 Å². The highest BCUT2D eigenvalue weighted by molar-refractivity contribution is 9.10. The Labute approximate surface area is 101 Å². The van der Waals surface area contributed by atoms with Crippen molar-refractivity contribution in [1.29, 1.82) is 0 Å². The summed E-state index contributed by atoms with van der Waals surface area (Å²) in [5.41, 5.74) is 1.88. The molecule has 0 saturated heterocycles. The van der Waals surface area contributed by atoms with Crippen molar-refractivity contribution in [3.05, 3.63) is 33.7 Å². The minimum absolute atomic E-state index is 0.751. The standard InChI is InChI=1S/C10H10BrN3S/c1-12-5-8-2-3-9(14-13-8)10-4-7(11)6-15-10/h2-4,6,12H,5H2,1H3. The number of hydrogen-bond acceptors (Lipinski definition) is 4. The smallest absolute Gasteiger partial charge is 0.103 e. The molecule has 0 saturated carbocycles. The summed E-state index contributed by atoms with van der Waals surface area (Å²) in [6.45, 7) is 0.751. The third-order valence-corrected chi connectivity index (χ3v) is 3.61. The van der Waals surface area contributed by atoms with Crippen molar-refractivity contribution in [2.45, 2.75) is 6.54 Å². The minimum atomic E-state index is 0.751. The van der Waals surface area contributed by atoms with Crippen molar-refractivity contribution < 1.29 is 0 Å². The fraction of sp³-hybridized carbons (Fsp3) is 0.200. The summed E-state index contributed by atoms with van der Waals surface area (Å²) in [6, 6.07) is 6.04. The van der Waals surface area contributed by atoms with Crippen LogP contribution in [0.2, 0.25) is 0 Å². The Kier molecular flexibility index (Phi) is 3.45. The first kappa shape index (κ1) is 10.7. The highest BCUT2D eigenvalue weighted by Gasteiger charge is 2.03. The number of hydrogen-bond donors (Lipinski definition) is 1. The Balaban J connectivity index is 2.23. The molecule has 0 spiro atoms. The van der Waals surface area contributed by atoms with Gasteiger partial charge in [-0.15, -0.1) is 16.4 Å². The summed E-state index contributed by atoms with van der Waals surface area (Å²) in [4.78, 5) is 1.13. The molecule has 0 aromatic carbocycles. The van der Waals surface area contributed by atoms with Gasteiger partial charge in [0.25, 0.3) is 0 Å². The topological polar surface area (TPSA) is 37.8 Å². The molecule has 15 heavy (non-hydrogen) atoms. The van der Waals surface area contributed by atoms with Crippen molar-refractivity contribution in [3.63, 3.8) is 0 Å². The maximum absolute atomic E-state index is 4.18. The maximum atomic E-state index is 4.18. The summed E-state index contributed by atoms with van der Waals surface area (Å²) in [6.07, 6.45) is 0. The summed E-state index contributed by atoms with van der Waals surface area (Å²) < 4.78 is 1.09. The molecule has 2 aromatic rings. The highest BCUT2D eigenvalue weighted by atomic mass is 79.9. The number of thiophene rings is 1. The van der Waals surface area contributed by atoms with Gasteiger partial charge in [0.15, 0.2) is 0 Å². The lowest BCUT2D eigenvalue weighted by Gasteiger charge is -1.99. The second-order valence-electron chi connectivity index (χ2n) is 3.07. The van der Waals surface area contributed by atoms with Crippen LogP contribution in [0, 0.1) is 0 Å². The molecule has 1 N–H and O–H groups in total.